The van der Waals surface area contributed by atoms with Gasteiger partial charge in [-0.2, -0.15) is 0 Å². The maximum atomic E-state index is 13.7. The van der Waals surface area contributed by atoms with Crippen LogP contribution in [0.2, 0.25) is 0 Å². The third-order valence-electron chi connectivity index (χ3n) is 5.90. The first-order valence-electron chi connectivity index (χ1n) is 12.0. The van der Waals surface area contributed by atoms with Crippen LogP contribution in [-0.4, -0.2) is 57.3 Å². The minimum Gasteiger partial charge on any atom is -0.508 e. The maximum absolute atomic E-state index is 13.7. The molecule has 0 bridgehead atoms. The number of amides is 3. The monoisotopic (exact) mass is 497 g/mol. The second-order valence-corrected chi connectivity index (χ2v) is 10.1. The molecule has 0 heterocycles. The van der Waals surface area contributed by atoms with E-state index in [1.54, 1.807) is 32.9 Å². The van der Waals surface area contributed by atoms with Gasteiger partial charge in [0.15, 0.2) is 0 Å². The number of nitrogens with one attached hydrogen (secondary N) is 2. The number of aromatic hydroxyl groups is 1. The van der Waals surface area contributed by atoms with Crippen molar-refractivity contribution in [2.45, 2.75) is 64.4 Å². The Morgan fingerprint density at radius 3 is 2.22 bits per heavy atom. The number of phenols is 1. The second-order valence-electron chi connectivity index (χ2n) is 10.1. The molecule has 0 spiro atoms. The van der Waals surface area contributed by atoms with Gasteiger partial charge in [0, 0.05) is 12.6 Å². The summed E-state index contributed by atoms with van der Waals surface area (Å²) in [4.78, 5) is 41.1. The topological polar surface area (TPSA) is 128 Å². The number of nitrogens with zero attached hydrogens (tertiary/aromatic N) is 1. The molecule has 36 heavy (non-hydrogen) atoms. The van der Waals surface area contributed by atoms with Crippen LogP contribution in [0.4, 0.5) is 4.79 Å². The summed E-state index contributed by atoms with van der Waals surface area (Å²) in [6.45, 7) is 6.64. The van der Waals surface area contributed by atoms with Gasteiger partial charge in [0.05, 0.1) is 6.61 Å². The number of ether oxygens (including phenoxy) is 1. The molecule has 2 aromatic carbocycles. The summed E-state index contributed by atoms with van der Waals surface area (Å²) in [6, 6.07) is 12.9. The summed E-state index contributed by atoms with van der Waals surface area (Å²) in [5, 5.41) is 25.1. The lowest BCUT2D eigenvalue weighted by molar-refractivity contribution is -0.144. The number of aliphatic hydroxyl groups is 1. The molecule has 9 heteroatoms. The van der Waals surface area contributed by atoms with Gasteiger partial charge in [-0.3, -0.25) is 9.59 Å². The molecule has 2 aromatic rings. The molecule has 9 nitrogen and oxygen atoms in total. The summed E-state index contributed by atoms with van der Waals surface area (Å²) in [6.07, 6.45) is -0.162. The van der Waals surface area contributed by atoms with Crippen molar-refractivity contribution >= 4 is 17.9 Å². The average molecular weight is 498 g/mol. The SMILES string of the molecule is CC1CC1N(C(=O)C(CO)NC(=O)OC(C)(C)C)C(C(=O)NCc1ccccc1)c1ccc(O)cc1. The van der Waals surface area contributed by atoms with Crippen LogP contribution in [-0.2, 0) is 20.9 Å². The molecule has 1 aliphatic rings. The van der Waals surface area contributed by atoms with Crippen molar-refractivity contribution in [2.75, 3.05) is 6.61 Å². The van der Waals surface area contributed by atoms with Crippen molar-refractivity contribution in [3.05, 3.63) is 65.7 Å². The van der Waals surface area contributed by atoms with E-state index in [9.17, 15) is 24.6 Å². The van der Waals surface area contributed by atoms with Gasteiger partial charge < -0.3 is 30.5 Å². The van der Waals surface area contributed by atoms with Crippen molar-refractivity contribution in [1.29, 1.82) is 0 Å². The van der Waals surface area contributed by atoms with E-state index in [-0.39, 0.29) is 24.3 Å². The summed E-state index contributed by atoms with van der Waals surface area (Å²) in [5.41, 5.74) is 0.608. The number of benzene rings is 2. The van der Waals surface area contributed by atoms with E-state index in [0.29, 0.717) is 12.0 Å². The second kappa shape index (κ2) is 11.4. The predicted molar refractivity (Wildman–Crippen MR) is 134 cm³/mol. The third kappa shape index (κ3) is 7.21. The molecule has 0 aromatic heterocycles. The smallest absolute Gasteiger partial charge is 0.408 e. The molecule has 1 fully saturated rings. The van der Waals surface area contributed by atoms with Crippen molar-refractivity contribution in [1.82, 2.24) is 15.5 Å². The van der Waals surface area contributed by atoms with Crippen molar-refractivity contribution in [2.24, 2.45) is 5.92 Å². The predicted octanol–water partition coefficient (Wildman–Crippen LogP) is 2.87. The lowest BCUT2D eigenvalue weighted by Crippen LogP contribution is -2.55. The average Bonchev–Trinajstić information content (AvgIpc) is 3.55. The molecule has 1 aliphatic carbocycles. The van der Waals surface area contributed by atoms with Gasteiger partial charge in [-0.25, -0.2) is 4.79 Å². The fourth-order valence-electron chi connectivity index (χ4n) is 3.96. The van der Waals surface area contributed by atoms with Gasteiger partial charge in [-0.05, 0) is 56.4 Å². The Morgan fingerprint density at radius 1 is 1.08 bits per heavy atom. The lowest BCUT2D eigenvalue weighted by Gasteiger charge is -2.34. The largest absolute Gasteiger partial charge is 0.508 e. The van der Waals surface area contributed by atoms with Crippen LogP contribution in [0.15, 0.2) is 54.6 Å². The molecule has 3 amide bonds. The van der Waals surface area contributed by atoms with Gasteiger partial charge in [-0.1, -0.05) is 49.4 Å². The summed E-state index contributed by atoms with van der Waals surface area (Å²) < 4.78 is 5.25. The van der Waals surface area contributed by atoms with E-state index in [1.165, 1.54) is 17.0 Å². The Hall–Kier alpha value is -3.59. The third-order valence-corrected chi connectivity index (χ3v) is 5.90. The molecule has 1 saturated carbocycles. The van der Waals surface area contributed by atoms with Crippen molar-refractivity contribution < 1.29 is 29.3 Å². The number of carbonyl (C=O) groups excluding carboxylic acids is 3. The fraction of sp³-hybridized carbons (Fsp3) is 0.444. The molecular weight excluding hydrogens is 462 g/mol. The van der Waals surface area contributed by atoms with Crippen molar-refractivity contribution in [3.63, 3.8) is 0 Å². The van der Waals surface area contributed by atoms with Crippen LogP contribution < -0.4 is 10.6 Å². The molecule has 4 N–H and O–H groups in total. The van der Waals surface area contributed by atoms with Gasteiger partial charge in [-0.15, -0.1) is 0 Å². The molecule has 3 rings (SSSR count). The molecule has 0 aliphatic heterocycles. The zero-order valence-corrected chi connectivity index (χ0v) is 21.1. The van der Waals surface area contributed by atoms with Gasteiger partial charge in [0.25, 0.3) is 0 Å². The van der Waals surface area contributed by atoms with Crippen LogP contribution in [0.1, 0.15) is 51.3 Å². The minimum absolute atomic E-state index is 0.0275. The molecule has 0 saturated heterocycles. The standard InChI is InChI=1S/C27H35N3O6/c1-17-14-22(17)30(25(34)21(16-31)29-26(35)36-27(2,3)4)23(19-10-12-20(32)13-11-19)24(33)28-15-18-8-6-5-7-9-18/h5-13,17,21-23,31-32H,14-16H2,1-4H3,(H,28,33)(H,29,35). The van der Waals surface area contributed by atoms with E-state index < -0.39 is 42.2 Å². The van der Waals surface area contributed by atoms with Crippen LogP contribution >= 0.6 is 0 Å². The summed E-state index contributed by atoms with van der Waals surface area (Å²) in [5.74, 6) is -0.840. The van der Waals surface area contributed by atoms with Crippen molar-refractivity contribution in [3.8, 4) is 5.75 Å². The van der Waals surface area contributed by atoms with E-state index in [1.807, 2.05) is 37.3 Å². The van der Waals surface area contributed by atoms with Gasteiger partial charge >= 0.3 is 6.09 Å². The minimum atomic E-state index is -1.30. The fourth-order valence-corrected chi connectivity index (χ4v) is 3.96. The van der Waals surface area contributed by atoms with Crippen LogP contribution in [0.25, 0.3) is 0 Å². The number of hydrogen-bond acceptors (Lipinski definition) is 6. The highest BCUT2D eigenvalue weighted by Gasteiger charge is 2.48. The highest BCUT2D eigenvalue weighted by atomic mass is 16.6. The Labute approximate surface area is 211 Å². The highest BCUT2D eigenvalue weighted by molar-refractivity contribution is 5.92. The zero-order valence-electron chi connectivity index (χ0n) is 21.1. The maximum Gasteiger partial charge on any atom is 0.408 e. The van der Waals surface area contributed by atoms with E-state index in [2.05, 4.69) is 10.6 Å². The summed E-state index contributed by atoms with van der Waals surface area (Å²) in [7, 11) is 0. The summed E-state index contributed by atoms with van der Waals surface area (Å²) >= 11 is 0. The van der Waals surface area contributed by atoms with Crippen LogP contribution in [0.5, 0.6) is 5.75 Å². The van der Waals surface area contributed by atoms with E-state index >= 15 is 0 Å². The molecular formula is C27H35N3O6. The first-order valence-corrected chi connectivity index (χ1v) is 12.0. The van der Waals surface area contributed by atoms with Crippen LogP contribution in [0.3, 0.4) is 0 Å². The number of rotatable bonds is 9. The molecule has 4 unspecified atom stereocenters. The number of phenolic OH excluding ortho intramolecular Hbond substituents is 1. The first-order chi connectivity index (χ1) is 17.0. The lowest BCUT2D eigenvalue weighted by atomic mass is 10.0. The molecule has 0 radical (unpaired) electrons. The Balaban J connectivity index is 1.91. The molecule has 4 atom stereocenters. The number of carbonyl (C=O) groups is 3. The normalized spacial score (nSPS) is 18.5. The van der Waals surface area contributed by atoms with E-state index in [4.69, 9.17) is 4.74 Å². The van der Waals surface area contributed by atoms with Crippen LogP contribution in [0, 0.1) is 5.92 Å². The van der Waals surface area contributed by atoms with Gasteiger partial charge in [0.1, 0.15) is 23.4 Å². The Bertz CT molecular complexity index is 1050. The number of aliphatic hydroxyl groups excluding tert-OH is 1. The number of hydrogen-bond donors (Lipinski definition) is 4. The quantitative estimate of drug-likeness (QED) is 0.422. The first kappa shape index (κ1) is 27.0. The number of alkyl carbamates (subject to hydrolysis) is 1. The van der Waals surface area contributed by atoms with Gasteiger partial charge in [0.2, 0.25) is 11.8 Å². The zero-order chi connectivity index (χ0) is 26.5. The Morgan fingerprint density at radius 2 is 1.69 bits per heavy atom. The Kier molecular flexibility index (Phi) is 8.57. The highest BCUT2D eigenvalue weighted by Crippen LogP contribution is 2.41. The van der Waals surface area contributed by atoms with E-state index in [0.717, 1.165) is 5.56 Å². The molecule has 194 valence electrons.